The highest BCUT2D eigenvalue weighted by Gasteiger charge is 2.41. The predicted molar refractivity (Wildman–Crippen MR) is 111 cm³/mol. The maximum Gasteiger partial charge on any atom is 0.273 e. The van der Waals surface area contributed by atoms with Crippen molar-refractivity contribution >= 4 is 5.91 Å². The average Bonchev–Trinajstić information content (AvgIpc) is 3.27. The van der Waals surface area contributed by atoms with Crippen LogP contribution in [0.4, 0.5) is 0 Å². The molecule has 4 rings (SSSR count). The Morgan fingerprint density at radius 1 is 1.17 bits per heavy atom. The maximum absolute atomic E-state index is 13.0. The molecule has 3 aromatic rings. The number of para-hydroxylation sites is 1. The van der Waals surface area contributed by atoms with Crippen LogP contribution in [0.5, 0.6) is 11.5 Å². The smallest absolute Gasteiger partial charge is 0.273 e. The van der Waals surface area contributed by atoms with Gasteiger partial charge in [-0.1, -0.05) is 37.6 Å². The highest BCUT2D eigenvalue weighted by molar-refractivity contribution is 6.00. The molecule has 0 aliphatic carbocycles. The molecule has 29 heavy (non-hydrogen) atoms. The van der Waals surface area contributed by atoms with Crippen LogP contribution in [0.2, 0.25) is 0 Å². The highest BCUT2D eigenvalue weighted by atomic mass is 16.5. The Bertz CT molecular complexity index is 1030. The minimum atomic E-state index is -0.286. The second kappa shape index (κ2) is 7.99. The quantitative estimate of drug-likeness (QED) is 0.580. The fourth-order valence-electron chi connectivity index (χ4n) is 3.86. The van der Waals surface area contributed by atoms with Crippen molar-refractivity contribution < 1.29 is 14.6 Å². The molecule has 0 radical (unpaired) electrons. The molecule has 0 unspecified atom stereocenters. The maximum atomic E-state index is 13.0. The SMILES string of the molecule is CCCCOc1cccc([C@H]2c3c(-c4ccccc4O)n[nH]c3C(=O)N2CC)c1. The monoisotopic (exact) mass is 391 g/mol. The number of phenols is 1. The summed E-state index contributed by atoms with van der Waals surface area (Å²) in [6, 6.07) is 14.7. The van der Waals surface area contributed by atoms with E-state index < -0.39 is 0 Å². The molecule has 6 nitrogen and oxygen atoms in total. The van der Waals surface area contributed by atoms with Gasteiger partial charge in [-0.05, 0) is 43.2 Å². The first-order chi connectivity index (χ1) is 14.2. The number of aromatic amines is 1. The Hall–Kier alpha value is -3.28. The summed E-state index contributed by atoms with van der Waals surface area (Å²) in [4.78, 5) is 14.8. The van der Waals surface area contributed by atoms with Crippen molar-refractivity contribution in [3.05, 3.63) is 65.4 Å². The van der Waals surface area contributed by atoms with Gasteiger partial charge < -0.3 is 14.7 Å². The third-order valence-corrected chi connectivity index (χ3v) is 5.30. The van der Waals surface area contributed by atoms with Gasteiger partial charge >= 0.3 is 0 Å². The number of phenolic OH excluding ortho intramolecular Hbond substituents is 1. The van der Waals surface area contributed by atoms with Crippen molar-refractivity contribution in [3.8, 4) is 22.8 Å². The van der Waals surface area contributed by atoms with E-state index in [1.54, 1.807) is 12.1 Å². The molecule has 0 saturated carbocycles. The number of rotatable bonds is 7. The zero-order valence-electron chi connectivity index (χ0n) is 16.7. The lowest BCUT2D eigenvalue weighted by Gasteiger charge is -2.25. The lowest BCUT2D eigenvalue weighted by Crippen LogP contribution is -2.29. The van der Waals surface area contributed by atoms with E-state index in [0.717, 1.165) is 29.7 Å². The second-order valence-corrected chi connectivity index (χ2v) is 7.15. The van der Waals surface area contributed by atoms with Gasteiger partial charge in [-0.15, -0.1) is 0 Å². The van der Waals surface area contributed by atoms with Crippen LogP contribution in [0.1, 0.15) is 54.3 Å². The van der Waals surface area contributed by atoms with Crippen molar-refractivity contribution in [2.75, 3.05) is 13.2 Å². The van der Waals surface area contributed by atoms with Crippen LogP contribution < -0.4 is 4.74 Å². The molecule has 0 bridgehead atoms. The Kier molecular flexibility index (Phi) is 5.25. The van der Waals surface area contributed by atoms with Crippen molar-refractivity contribution in [1.82, 2.24) is 15.1 Å². The first kappa shape index (κ1) is 19.1. The van der Waals surface area contributed by atoms with Crippen LogP contribution in [0.3, 0.4) is 0 Å². The van der Waals surface area contributed by atoms with E-state index in [0.29, 0.717) is 30.1 Å². The van der Waals surface area contributed by atoms with Crippen molar-refractivity contribution in [3.63, 3.8) is 0 Å². The van der Waals surface area contributed by atoms with E-state index in [1.165, 1.54) is 0 Å². The Balaban J connectivity index is 1.79. The summed E-state index contributed by atoms with van der Waals surface area (Å²) in [6.07, 6.45) is 2.07. The van der Waals surface area contributed by atoms with E-state index in [2.05, 4.69) is 17.1 Å². The molecule has 150 valence electrons. The molecule has 2 N–H and O–H groups in total. The molecule has 0 spiro atoms. The zero-order chi connectivity index (χ0) is 20.4. The highest BCUT2D eigenvalue weighted by Crippen LogP contribution is 2.44. The lowest BCUT2D eigenvalue weighted by atomic mass is 9.95. The largest absolute Gasteiger partial charge is 0.507 e. The Morgan fingerprint density at radius 3 is 2.76 bits per heavy atom. The fourth-order valence-corrected chi connectivity index (χ4v) is 3.86. The first-order valence-corrected chi connectivity index (χ1v) is 10.1. The molecule has 0 fully saturated rings. The van der Waals surface area contributed by atoms with Crippen LogP contribution in [0, 0.1) is 0 Å². The summed E-state index contributed by atoms with van der Waals surface area (Å²) >= 11 is 0. The normalized spacial score (nSPS) is 15.6. The summed E-state index contributed by atoms with van der Waals surface area (Å²) in [6.45, 7) is 5.32. The van der Waals surface area contributed by atoms with Crippen LogP contribution in [-0.4, -0.2) is 39.3 Å². The fraction of sp³-hybridized carbons (Fsp3) is 0.304. The van der Waals surface area contributed by atoms with E-state index >= 15 is 0 Å². The minimum absolute atomic E-state index is 0.0843. The van der Waals surface area contributed by atoms with Crippen LogP contribution in [-0.2, 0) is 0 Å². The van der Waals surface area contributed by atoms with Crippen molar-refractivity contribution in [2.45, 2.75) is 32.7 Å². The number of ether oxygens (including phenoxy) is 1. The minimum Gasteiger partial charge on any atom is -0.507 e. The predicted octanol–water partition coefficient (Wildman–Crippen LogP) is 4.53. The number of amides is 1. The number of aromatic nitrogens is 2. The standard InChI is InChI=1S/C23H25N3O3/c1-3-5-13-29-16-10-8-9-15(14-16)22-19-20(17-11-6-7-12-18(17)27)24-25-21(19)23(28)26(22)4-2/h6-12,14,22,27H,3-5,13H2,1-2H3,(H,24,25)/t22-/m0/s1. The van der Waals surface area contributed by atoms with Gasteiger partial charge in [0.15, 0.2) is 0 Å². The van der Waals surface area contributed by atoms with Crippen LogP contribution in [0.15, 0.2) is 48.5 Å². The number of hydrogen-bond donors (Lipinski definition) is 2. The van der Waals surface area contributed by atoms with E-state index in [-0.39, 0.29) is 17.7 Å². The van der Waals surface area contributed by atoms with E-state index in [4.69, 9.17) is 4.74 Å². The van der Waals surface area contributed by atoms with Crippen LogP contribution in [0.25, 0.3) is 11.3 Å². The van der Waals surface area contributed by atoms with Gasteiger partial charge in [-0.25, -0.2) is 0 Å². The van der Waals surface area contributed by atoms with Gasteiger partial charge in [-0.2, -0.15) is 5.10 Å². The molecule has 2 aromatic carbocycles. The summed E-state index contributed by atoms with van der Waals surface area (Å²) in [5, 5.41) is 17.6. The molecule has 1 aliphatic rings. The Morgan fingerprint density at radius 2 is 2.00 bits per heavy atom. The van der Waals surface area contributed by atoms with Crippen LogP contribution >= 0.6 is 0 Å². The van der Waals surface area contributed by atoms with Gasteiger partial charge in [0.25, 0.3) is 5.91 Å². The van der Waals surface area contributed by atoms with E-state index in [1.807, 2.05) is 48.2 Å². The summed E-state index contributed by atoms with van der Waals surface area (Å²) in [5.74, 6) is 0.846. The molecule has 0 saturated heterocycles. The number of carbonyl (C=O) groups excluding carboxylic acids is 1. The van der Waals surface area contributed by atoms with E-state index in [9.17, 15) is 9.90 Å². The third-order valence-electron chi connectivity index (χ3n) is 5.30. The summed E-state index contributed by atoms with van der Waals surface area (Å²) < 4.78 is 5.88. The summed E-state index contributed by atoms with van der Waals surface area (Å²) in [5.41, 5.74) is 3.45. The number of hydrogen-bond acceptors (Lipinski definition) is 4. The number of nitrogens with zero attached hydrogens (tertiary/aromatic N) is 2. The van der Waals surface area contributed by atoms with Gasteiger partial charge in [0, 0.05) is 17.7 Å². The third kappa shape index (κ3) is 3.35. The second-order valence-electron chi connectivity index (χ2n) is 7.15. The van der Waals surface area contributed by atoms with Gasteiger partial charge in [0.1, 0.15) is 22.9 Å². The summed E-state index contributed by atoms with van der Waals surface area (Å²) in [7, 11) is 0. The Labute approximate surface area is 170 Å². The van der Waals surface area contributed by atoms with Gasteiger partial charge in [0.05, 0.1) is 12.6 Å². The molecule has 2 heterocycles. The average molecular weight is 391 g/mol. The van der Waals surface area contributed by atoms with Crippen molar-refractivity contribution in [2.24, 2.45) is 0 Å². The van der Waals surface area contributed by atoms with Gasteiger partial charge in [0.2, 0.25) is 0 Å². The number of carbonyl (C=O) groups is 1. The molecule has 1 amide bonds. The number of H-pyrrole nitrogens is 1. The number of benzene rings is 2. The molecule has 1 aliphatic heterocycles. The molecular formula is C23H25N3O3. The number of aromatic hydroxyl groups is 1. The molecule has 6 heteroatoms. The number of unbranched alkanes of at least 4 members (excludes halogenated alkanes) is 1. The van der Waals surface area contributed by atoms with Crippen molar-refractivity contribution in [1.29, 1.82) is 0 Å². The molecule has 1 aromatic heterocycles. The number of fused-ring (bicyclic) bond motifs is 1. The molecular weight excluding hydrogens is 366 g/mol. The first-order valence-electron chi connectivity index (χ1n) is 10.1. The topological polar surface area (TPSA) is 78.5 Å². The zero-order valence-corrected chi connectivity index (χ0v) is 16.7. The molecule has 1 atom stereocenters. The number of nitrogens with one attached hydrogen (secondary N) is 1. The van der Waals surface area contributed by atoms with Gasteiger partial charge in [-0.3, -0.25) is 9.89 Å². The lowest BCUT2D eigenvalue weighted by molar-refractivity contribution is 0.0753.